The molecule has 0 unspecified atom stereocenters. The quantitative estimate of drug-likeness (QED) is 0.760. The Balaban J connectivity index is 1.49. The zero-order valence-electron chi connectivity index (χ0n) is 14.5. The fourth-order valence-corrected chi connectivity index (χ4v) is 3.71. The number of carbonyl (C=O) groups excluding carboxylic acids is 2. The molecule has 1 aromatic carbocycles. The summed E-state index contributed by atoms with van der Waals surface area (Å²) in [6.07, 6.45) is 3.88. The number of aromatic nitrogens is 2. The van der Waals surface area contributed by atoms with E-state index < -0.39 is 0 Å². The van der Waals surface area contributed by atoms with E-state index in [9.17, 15) is 9.59 Å². The zero-order chi connectivity index (χ0) is 18.1. The molecule has 3 heterocycles. The van der Waals surface area contributed by atoms with Crippen LogP contribution in [0.4, 0.5) is 0 Å². The number of rotatable bonds is 4. The van der Waals surface area contributed by atoms with Crippen LogP contribution in [-0.4, -0.2) is 40.3 Å². The average molecular weight is 348 g/mol. The molecule has 0 bridgehead atoms. The number of aromatic amines is 1. The van der Waals surface area contributed by atoms with Gasteiger partial charge in [0.05, 0.1) is 6.04 Å². The van der Waals surface area contributed by atoms with Gasteiger partial charge in [0.25, 0.3) is 5.91 Å². The summed E-state index contributed by atoms with van der Waals surface area (Å²) in [7, 11) is 1.81. The minimum Gasteiger partial charge on any atom is -0.351 e. The van der Waals surface area contributed by atoms with E-state index in [1.54, 1.807) is 17.3 Å². The van der Waals surface area contributed by atoms with Gasteiger partial charge in [0.15, 0.2) is 0 Å². The van der Waals surface area contributed by atoms with Gasteiger partial charge in [-0.3, -0.25) is 14.6 Å². The number of amides is 2. The van der Waals surface area contributed by atoms with Crippen LogP contribution >= 0.6 is 0 Å². The fourth-order valence-electron chi connectivity index (χ4n) is 3.71. The van der Waals surface area contributed by atoms with Gasteiger partial charge in [0, 0.05) is 49.2 Å². The van der Waals surface area contributed by atoms with Gasteiger partial charge in [-0.05, 0) is 29.8 Å². The molecule has 4 rings (SSSR count). The van der Waals surface area contributed by atoms with Crippen molar-refractivity contribution < 1.29 is 9.59 Å². The number of nitrogens with zero attached hydrogens (tertiary/aromatic N) is 2. The molecule has 6 heteroatoms. The van der Waals surface area contributed by atoms with E-state index in [1.807, 2.05) is 49.5 Å². The molecular weight excluding hydrogens is 328 g/mol. The SMILES string of the molecule is CN1C(=O)C[C@@H](CNC(=O)c2cc3ccccc3[nH]2)[C@@H]1c1ccncc1. The zero-order valence-corrected chi connectivity index (χ0v) is 14.5. The maximum absolute atomic E-state index is 12.5. The Morgan fingerprint density at radius 2 is 2.04 bits per heavy atom. The normalized spacial score (nSPS) is 19.9. The van der Waals surface area contributed by atoms with Crippen LogP contribution in [0, 0.1) is 5.92 Å². The van der Waals surface area contributed by atoms with Gasteiger partial charge in [0.2, 0.25) is 5.91 Å². The van der Waals surface area contributed by atoms with Gasteiger partial charge < -0.3 is 15.2 Å². The van der Waals surface area contributed by atoms with E-state index in [0.29, 0.717) is 18.7 Å². The second-order valence-corrected chi connectivity index (χ2v) is 6.67. The predicted octanol–water partition coefficient (Wildman–Crippen LogP) is 2.51. The number of para-hydroxylation sites is 1. The molecule has 2 N–H and O–H groups in total. The largest absolute Gasteiger partial charge is 0.351 e. The highest BCUT2D eigenvalue weighted by Crippen LogP contribution is 2.36. The second-order valence-electron chi connectivity index (χ2n) is 6.67. The summed E-state index contributed by atoms with van der Waals surface area (Å²) in [5.74, 6) is -0.0309. The van der Waals surface area contributed by atoms with Gasteiger partial charge in [-0.1, -0.05) is 18.2 Å². The third kappa shape index (κ3) is 2.94. The van der Waals surface area contributed by atoms with Crippen molar-refractivity contribution in [3.63, 3.8) is 0 Å². The van der Waals surface area contributed by atoms with E-state index in [-0.39, 0.29) is 23.8 Å². The Hall–Kier alpha value is -3.15. The van der Waals surface area contributed by atoms with Gasteiger partial charge in [-0.25, -0.2) is 0 Å². The van der Waals surface area contributed by atoms with Gasteiger partial charge in [0.1, 0.15) is 5.69 Å². The maximum atomic E-state index is 12.5. The molecule has 132 valence electrons. The fraction of sp³-hybridized carbons (Fsp3) is 0.250. The van der Waals surface area contributed by atoms with Crippen molar-refractivity contribution in [2.24, 2.45) is 5.92 Å². The lowest BCUT2D eigenvalue weighted by Gasteiger charge is -2.25. The third-order valence-electron chi connectivity index (χ3n) is 5.04. The minimum atomic E-state index is -0.156. The lowest BCUT2D eigenvalue weighted by molar-refractivity contribution is -0.127. The van der Waals surface area contributed by atoms with Crippen LogP contribution in [-0.2, 0) is 4.79 Å². The number of hydrogen-bond acceptors (Lipinski definition) is 3. The number of H-pyrrole nitrogens is 1. The highest BCUT2D eigenvalue weighted by Gasteiger charge is 2.38. The molecule has 3 aromatic rings. The number of fused-ring (bicyclic) bond motifs is 1. The van der Waals surface area contributed by atoms with Crippen LogP contribution in [0.5, 0.6) is 0 Å². The molecule has 6 nitrogen and oxygen atoms in total. The molecule has 0 radical (unpaired) electrons. The highest BCUT2D eigenvalue weighted by molar-refractivity contribution is 5.98. The first-order chi connectivity index (χ1) is 12.6. The maximum Gasteiger partial charge on any atom is 0.267 e. The summed E-state index contributed by atoms with van der Waals surface area (Å²) in [6.45, 7) is 0.442. The number of benzene rings is 1. The molecule has 1 saturated heterocycles. The molecule has 2 atom stereocenters. The van der Waals surface area contributed by atoms with Crippen LogP contribution in [0.15, 0.2) is 54.9 Å². The number of likely N-dealkylation sites (tertiary alicyclic amines) is 1. The van der Waals surface area contributed by atoms with E-state index in [1.165, 1.54) is 0 Å². The lowest BCUT2D eigenvalue weighted by atomic mass is 9.94. The first kappa shape index (κ1) is 16.3. The Bertz CT molecular complexity index is 918. The lowest BCUT2D eigenvalue weighted by Crippen LogP contribution is -2.32. The van der Waals surface area contributed by atoms with Crippen LogP contribution in [0.25, 0.3) is 10.9 Å². The number of carbonyl (C=O) groups is 2. The third-order valence-corrected chi connectivity index (χ3v) is 5.04. The van der Waals surface area contributed by atoms with Gasteiger partial charge in [-0.15, -0.1) is 0 Å². The van der Waals surface area contributed by atoms with Gasteiger partial charge >= 0.3 is 0 Å². The van der Waals surface area contributed by atoms with Crippen molar-refractivity contribution in [3.8, 4) is 0 Å². The molecule has 1 aliphatic heterocycles. The Morgan fingerprint density at radius 1 is 1.27 bits per heavy atom. The van der Waals surface area contributed by atoms with Gasteiger partial charge in [-0.2, -0.15) is 0 Å². The standard InChI is InChI=1S/C20H20N4O2/c1-24-18(25)11-15(19(24)13-6-8-21-9-7-13)12-22-20(26)17-10-14-4-2-3-5-16(14)23-17/h2-10,15,19,23H,11-12H2,1H3,(H,22,26)/t15-,19-/m0/s1. The summed E-state index contributed by atoms with van der Waals surface area (Å²) in [6, 6.07) is 13.4. The molecule has 0 saturated carbocycles. The summed E-state index contributed by atoms with van der Waals surface area (Å²) < 4.78 is 0. The van der Waals surface area contributed by atoms with Crippen molar-refractivity contribution in [2.45, 2.75) is 12.5 Å². The van der Waals surface area contributed by atoms with Crippen LogP contribution in [0.1, 0.15) is 28.5 Å². The molecular formula is C20H20N4O2. The Morgan fingerprint density at radius 3 is 2.81 bits per heavy atom. The Kier molecular flexibility index (Phi) is 4.16. The van der Waals surface area contributed by atoms with Crippen molar-refractivity contribution in [1.82, 2.24) is 20.2 Å². The monoisotopic (exact) mass is 348 g/mol. The van der Waals surface area contributed by atoms with Crippen molar-refractivity contribution in [3.05, 3.63) is 66.1 Å². The van der Waals surface area contributed by atoms with Crippen LogP contribution in [0.2, 0.25) is 0 Å². The van der Waals surface area contributed by atoms with Crippen LogP contribution in [0.3, 0.4) is 0 Å². The van der Waals surface area contributed by atoms with E-state index >= 15 is 0 Å². The van der Waals surface area contributed by atoms with E-state index in [0.717, 1.165) is 16.5 Å². The van der Waals surface area contributed by atoms with Crippen molar-refractivity contribution >= 4 is 22.7 Å². The average Bonchev–Trinajstić information content (AvgIpc) is 3.22. The molecule has 0 spiro atoms. The number of nitrogens with one attached hydrogen (secondary N) is 2. The molecule has 2 amide bonds. The summed E-state index contributed by atoms with van der Waals surface area (Å²) in [5, 5.41) is 3.98. The van der Waals surface area contributed by atoms with Crippen molar-refractivity contribution in [2.75, 3.05) is 13.6 Å². The summed E-state index contributed by atoms with van der Waals surface area (Å²) in [4.78, 5) is 33.7. The predicted molar refractivity (Wildman–Crippen MR) is 98.5 cm³/mol. The molecule has 26 heavy (non-hydrogen) atoms. The van der Waals surface area contributed by atoms with E-state index in [2.05, 4.69) is 15.3 Å². The molecule has 0 aliphatic carbocycles. The minimum absolute atomic E-state index is 0.0308. The number of hydrogen-bond donors (Lipinski definition) is 2. The topological polar surface area (TPSA) is 78.1 Å². The molecule has 1 fully saturated rings. The summed E-state index contributed by atoms with van der Waals surface area (Å²) >= 11 is 0. The van der Waals surface area contributed by atoms with E-state index in [4.69, 9.17) is 0 Å². The first-order valence-corrected chi connectivity index (χ1v) is 8.65. The molecule has 2 aromatic heterocycles. The first-order valence-electron chi connectivity index (χ1n) is 8.65. The van der Waals surface area contributed by atoms with Crippen molar-refractivity contribution in [1.29, 1.82) is 0 Å². The number of pyridine rings is 1. The van der Waals surface area contributed by atoms with Crippen LogP contribution < -0.4 is 5.32 Å². The molecule has 1 aliphatic rings. The smallest absolute Gasteiger partial charge is 0.267 e. The second kappa shape index (κ2) is 6.63. The Labute approximate surface area is 151 Å². The highest BCUT2D eigenvalue weighted by atomic mass is 16.2. The summed E-state index contributed by atoms with van der Waals surface area (Å²) in [5.41, 5.74) is 2.51.